The molecule has 28 heavy (non-hydrogen) atoms. The molecule has 1 atom stereocenters. The van der Waals surface area contributed by atoms with Gasteiger partial charge in [-0.2, -0.15) is 5.10 Å². The van der Waals surface area contributed by atoms with Crippen molar-refractivity contribution in [2.75, 3.05) is 6.54 Å². The van der Waals surface area contributed by atoms with Crippen molar-refractivity contribution in [1.29, 1.82) is 0 Å². The van der Waals surface area contributed by atoms with Crippen molar-refractivity contribution in [3.63, 3.8) is 0 Å². The average molecular weight is 377 g/mol. The monoisotopic (exact) mass is 376 g/mol. The molecule has 2 aromatic heterocycles. The van der Waals surface area contributed by atoms with Crippen LogP contribution >= 0.6 is 0 Å². The lowest BCUT2D eigenvalue weighted by Gasteiger charge is -2.22. The highest BCUT2D eigenvalue weighted by Gasteiger charge is 2.28. The van der Waals surface area contributed by atoms with Gasteiger partial charge in [-0.05, 0) is 63.8 Å². The van der Waals surface area contributed by atoms with Crippen LogP contribution in [0.3, 0.4) is 0 Å². The number of aryl methyl sites for hydroxylation is 1. The third-order valence-electron chi connectivity index (χ3n) is 5.75. The number of amides is 1. The van der Waals surface area contributed by atoms with Gasteiger partial charge in [0.25, 0.3) is 5.91 Å². The molecule has 0 bridgehead atoms. The van der Waals surface area contributed by atoms with Crippen LogP contribution in [0.4, 0.5) is 0 Å². The maximum atomic E-state index is 13.4. The fraction of sp³-hybridized carbons (Fsp3) is 0.435. The highest BCUT2D eigenvalue weighted by atomic mass is 16.2. The summed E-state index contributed by atoms with van der Waals surface area (Å²) < 4.78 is 1.92. The molecule has 3 aromatic rings. The van der Waals surface area contributed by atoms with Gasteiger partial charge in [0, 0.05) is 35.8 Å². The Morgan fingerprint density at radius 2 is 2.11 bits per heavy atom. The van der Waals surface area contributed by atoms with E-state index in [4.69, 9.17) is 4.98 Å². The molecule has 1 aliphatic heterocycles. The molecule has 146 valence electrons. The van der Waals surface area contributed by atoms with Crippen LogP contribution < -0.4 is 0 Å². The van der Waals surface area contributed by atoms with Crippen LogP contribution in [0.2, 0.25) is 0 Å². The standard InChI is InChI=1S/C23H28N4O/c1-5-17-8-9-21-19(11-17)20(23(28)26-10-6-7-16(26)4)12-22(25-21)18-13-24-27(14-18)15(2)3/h8-9,11-16H,5-7,10H2,1-4H3. The van der Waals surface area contributed by atoms with E-state index in [0.29, 0.717) is 0 Å². The Morgan fingerprint density at radius 3 is 2.75 bits per heavy atom. The minimum Gasteiger partial charge on any atom is -0.336 e. The molecule has 0 N–H and O–H groups in total. The summed E-state index contributed by atoms with van der Waals surface area (Å²) in [6.07, 6.45) is 6.92. The highest BCUT2D eigenvalue weighted by Crippen LogP contribution is 2.29. The van der Waals surface area contributed by atoms with Gasteiger partial charge < -0.3 is 4.90 Å². The van der Waals surface area contributed by atoms with Crippen LogP contribution in [-0.2, 0) is 6.42 Å². The van der Waals surface area contributed by atoms with Gasteiger partial charge in [-0.25, -0.2) is 4.98 Å². The van der Waals surface area contributed by atoms with Gasteiger partial charge in [0.05, 0.1) is 23.0 Å². The number of likely N-dealkylation sites (tertiary alicyclic amines) is 1. The van der Waals surface area contributed by atoms with Gasteiger partial charge in [0.2, 0.25) is 0 Å². The Hall–Kier alpha value is -2.69. The number of carbonyl (C=O) groups is 1. The molecule has 1 unspecified atom stereocenters. The number of benzene rings is 1. The van der Waals surface area contributed by atoms with Crippen LogP contribution in [0.25, 0.3) is 22.2 Å². The maximum absolute atomic E-state index is 13.4. The quantitative estimate of drug-likeness (QED) is 0.653. The van der Waals surface area contributed by atoms with Crippen LogP contribution in [0, 0.1) is 0 Å². The number of pyridine rings is 1. The summed E-state index contributed by atoms with van der Waals surface area (Å²) >= 11 is 0. The van der Waals surface area contributed by atoms with Crippen molar-refractivity contribution in [3.8, 4) is 11.3 Å². The van der Waals surface area contributed by atoms with Crippen molar-refractivity contribution in [2.45, 2.75) is 59.0 Å². The van der Waals surface area contributed by atoms with E-state index < -0.39 is 0 Å². The van der Waals surface area contributed by atoms with E-state index in [1.54, 1.807) is 0 Å². The number of fused-ring (bicyclic) bond motifs is 1. The third kappa shape index (κ3) is 3.30. The fourth-order valence-electron chi connectivity index (χ4n) is 3.96. The van der Waals surface area contributed by atoms with Crippen molar-refractivity contribution in [3.05, 3.63) is 47.8 Å². The third-order valence-corrected chi connectivity index (χ3v) is 5.75. The van der Waals surface area contributed by atoms with Crippen LogP contribution in [0.1, 0.15) is 62.5 Å². The summed E-state index contributed by atoms with van der Waals surface area (Å²) in [7, 11) is 0. The Labute approximate surface area is 166 Å². The first-order valence-electron chi connectivity index (χ1n) is 10.3. The number of nitrogens with zero attached hydrogens (tertiary/aromatic N) is 4. The molecule has 4 rings (SSSR count). The molecule has 5 nitrogen and oxygen atoms in total. The average Bonchev–Trinajstić information content (AvgIpc) is 3.35. The lowest BCUT2D eigenvalue weighted by molar-refractivity contribution is 0.0749. The summed E-state index contributed by atoms with van der Waals surface area (Å²) in [4.78, 5) is 20.3. The van der Waals surface area contributed by atoms with Crippen LogP contribution in [0.15, 0.2) is 36.7 Å². The number of hydrogen-bond donors (Lipinski definition) is 0. The molecule has 0 saturated carbocycles. The largest absolute Gasteiger partial charge is 0.336 e. The van der Waals surface area contributed by atoms with E-state index in [1.807, 2.05) is 34.1 Å². The zero-order valence-electron chi connectivity index (χ0n) is 17.1. The van der Waals surface area contributed by atoms with E-state index >= 15 is 0 Å². The number of carbonyl (C=O) groups excluding carboxylic acids is 1. The van der Waals surface area contributed by atoms with Crippen molar-refractivity contribution < 1.29 is 4.79 Å². The lowest BCUT2D eigenvalue weighted by Crippen LogP contribution is -2.33. The SMILES string of the molecule is CCc1ccc2nc(-c3cnn(C(C)C)c3)cc(C(=O)N3CCCC3C)c2c1. The molecule has 1 aromatic carbocycles. The summed E-state index contributed by atoms with van der Waals surface area (Å²) in [6.45, 7) is 9.30. The van der Waals surface area contributed by atoms with Gasteiger partial charge in [0.15, 0.2) is 0 Å². The topological polar surface area (TPSA) is 51.0 Å². The Balaban J connectivity index is 1.87. The highest BCUT2D eigenvalue weighted by molar-refractivity contribution is 6.07. The molecule has 1 aliphatic rings. The molecule has 3 heterocycles. The summed E-state index contributed by atoms with van der Waals surface area (Å²) in [5, 5.41) is 5.39. The molecular weight excluding hydrogens is 348 g/mol. The van der Waals surface area contributed by atoms with Crippen molar-refractivity contribution in [1.82, 2.24) is 19.7 Å². The Morgan fingerprint density at radius 1 is 1.29 bits per heavy atom. The Kier molecular flexibility index (Phi) is 4.92. The molecule has 5 heteroatoms. The van der Waals surface area contributed by atoms with E-state index in [2.05, 4.69) is 44.9 Å². The van der Waals surface area contributed by atoms with E-state index in [-0.39, 0.29) is 18.0 Å². The predicted molar refractivity (Wildman–Crippen MR) is 112 cm³/mol. The van der Waals surface area contributed by atoms with Gasteiger partial charge in [-0.3, -0.25) is 9.48 Å². The van der Waals surface area contributed by atoms with Crippen molar-refractivity contribution in [2.24, 2.45) is 0 Å². The van der Waals surface area contributed by atoms with Crippen LogP contribution in [-0.4, -0.2) is 38.2 Å². The van der Waals surface area contributed by atoms with Gasteiger partial charge >= 0.3 is 0 Å². The number of rotatable bonds is 4. The predicted octanol–water partition coefficient (Wildman–Crippen LogP) is 4.87. The van der Waals surface area contributed by atoms with E-state index in [1.165, 1.54) is 5.56 Å². The summed E-state index contributed by atoms with van der Waals surface area (Å²) in [5.74, 6) is 0.114. The Bertz CT molecular complexity index is 1020. The summed E-state index contributed by atoms with van der Waals surface area (Å²) in [6, 6.07) is 8.79. The van der Waals surface area contributed by atoms with Gasteiger partial charge in [-0.1, -0.05) is 13.0 Å². The molecule has 0 spiro atoms. The molecule has 1 saturated heterocycles. The molecule has 0 radical (unpaired) electrons. The van der Waals surface area contributed by atoms with Gasteiger partial charge in [0.1, 0.15) is 0 Å². The zero-order valence-corrected chi connectivity index (χ0v) is 17.1. The first-order chi connectivity index (χ1) is 13.5. The molecular formula is C23H28N4O. The second-order valence-electron chi connectivity index (χ2n) is 8.05. The minimum atomic E-state index is 0.114. The smallest absolute Gasteiger partial charge is 0.254 e. The lowest BCUT2D eigenvalue weighted by atomic mass is 10.0. The first-order valence-corrected chi connectivity index (χ1v) is 10.3. The minimum absolute atomic E-state index is 0.114. The van der Waals surface area contributed by atoms with E-state index in [0.717, 1.165) is 53.5 Å². The number of hydrogen-bond acceptors (Lipinski definition) is 3. The van der Waals surface area contributed by atoms with Gasteiger partial charge in [-0.15, -0.1) is 0 Å². The fourth-order valence-corrected chi connectivity index (χ4v) is 3.96. The maximum Gasteiger partial charge on any atom is 0.254 e. The second-order valence-corrected chi connectivity index (χ2v) is 8.05. The van der Waals surface area contributed by atoms with E-state index in [9.17, 15) is 4.79 Å². The normalized spacial score (nSPS) is 17.0. The van der Waals surface area contributed by atoms with Crippen molar-refractivity contribution >= 4 is 16.8 Å². The first kappa shape index (κ1) is 18.7. The molecule has 0 aliphatic carbocycles. The number of aromatic nitrogens is 3. The second kappa shape index (κ2) is 7.38. The molecule has 1 amide bonds. The zero-order chi connectivity index (χ0) is 19.8. The summed E-state index contributed by atoms with van der Waals surface area (Å²) in [5.41, 5.74) is 4.58. The molecule has 1 fully saturated rings. The van der Waals surface area contributed by atoms with Crippen LogP contribution in [0.5, 0.6) is 0 Å².